The Morgan fingerprint density at radius 3 is 2.30 bits per heavy atom. The van der Waals surface area contributed by atoms with Crippen molar-refractivity contribution < 1.29 is 13.6 Å². The first kappa shape index (κ1) is 21.1. The number of aryl methyl sites for hydroxylation is 1. The van der Waals surface area contributed by atoms with Crippen LogP contribution in [0, 0.1) is 18.6 Å². The molecule has 4 aromatic carbocycles. The number of carbonyl (C=O) groups excluding carboxylic acids is 1. The quantitative estimate of drug-likeness (QED) is 0.347. The highest BCUT2D eigenvalue weighted by Gasteiger charge is 2.18. The summed E-state index contributed by atoms with van der Waals surface area (Å²) in [5.74, 6) is -0.788. The van der Waals surface area contributed by atoms with E-state index in [4.69, 9.17) is 0 Å². The molecule has 1 aliphatic carbocycles. The van der Waals surface area contributed by atoms with Gasteiger partial charge in [0.15, 0.2) is 0 Å². The number of fused-ring (bicyclic) bond motifs is 2. The zero-order valence-electron chi connectivity index (χ0n) is 18.3. The van der Waals surface area contributed by atoms with Gasteiger partial charge in [-0.3, -0.25) is 4.79 Å². The highest BCUT2D eigenvalue weighted by Crippen LogP contribution is 2.32. The molecule has 0 radical (unpaired) electrons. The van der Waals surface area contributed by atoms with Crippen LogP contribution in [0.3, 0.4) is 0 Å². The van der Waals surface area contributed by atoms with E-state index < -0.39 is 0 Å². The Hall–Kier alpha value is -3.79. The summed E-state index contributed by atoms with van der Waals surface area (Å²) in [6, 6.07) is 23.6. The molecule has 2 nitrogen and oxygen atoms in total. The molecule has 0 aromatic heterocycles. The normalized spacial score (nSPS) is 12.1. The number of amides is 1. The topological polar surface area (TPSA) is 29.1 Å². The molecule has 5 rings (SSSR count). The lowest BCUT2D eigenvalue weighted by Crippen LogP contribution is -2.24. The highest BCUT2D eigenvalue weighted by molar-refractivity contribution is 5.94. The molecule has 1 amide bonds. The van der Waals surface area contributed by atoms with Gasteiger partial charge in [-0.2, -0.15) is 0 Å². The molecular formula is C29H23F2NO. The van der Waals surface area contributed by atoms with Crippen molar-refractivity contribution in [1.29, 1.82) is 0 Å². The van der Waals surface area contributed by atoms with Crippen LogP contribution in [-0.4, -0.2) is 5.91 Å². The Morgan fingerprint density at radius 1 is 0.788 bits per heavy atom. The maximum absolute atomic E-state index is 14.3. The number of halogens is 2. The molecule has 1 N–H and O–H groups in total. The Morgan fingerprint density at radius 2 is 1.52 bits per heavy atom. The van der Waals surface area contributed by atoms with Gasteiger partial charge < -0.3 is 5.32 Å². The maximum Gasteiger partial charge on any atom is 0.251 e. The fourth-order valence-corrected chi connectivity index (χ4v) is 4.41. The molecule has 0 saturated carbocycles. The zero-order chi connectivity index (χ0) is 22.9. The summed E-state index contributed by atoms with van der Waals surface area (Å²) < 4.78 is 28.3. The van der Waals surface area contributed by atoms with Crippen LogP contribution >= 0.6 is 0 Å². The smallest absolute Gasteiger partial charge is 0.251 e. The summed E-state index contributed by atoms with van der Waals surface area (Å²) >= 11 is 0. The molecule has 0 fully saturated rings. The first-order chi connectivity index (χ1) is 16.0. The number of hydrogen-bond acceptors (Lipinski definition) is 1. The number of rotatable bonds is 4. The van der Waals surface area contributed by atoms with Crippen LogP contribution in [0.1, 0.15) is 43.7 Å². The van der Waals surface area contributed by atoms with E-state index in [2.05, 4.69) is 11.4 Å². The van der Waals surface area contributed by atoms with E-state index in [1.807, 2.05) is 49.4 Å². The molecule has 0 unspecified atom stereocenters. The Balaban J connectivity index is 1.35. The van der Waals surface area contributed by atoms with Crippen molar-refractivity contribution in [1.82, 2.24) is 5.32 Å². The van der Waals surface area contributed by atoms with E-state index in [1.165, 1.54) is 23.3 Å². The van der Waals surface area contributed by atoms with Crippen LogP contribution in [0.15, 0.2) is 78.9 Å². The lowest BCUT2D eigenvalue weighted by atomic mass is 9.83. The van der Waals surface area contributed by atoms with Crippen LogP contribution in [0.2, 0.25) is 0 Å². The van der Waals surface area contributed by atoms with Gasteiger partial charge in [0.1, 0.15) is 11.6 Å². The predicted molar refractivity (Wildman–Crippen MR) is 126 cm³/mol. The minimum atomic E-state index is -0.317. The molecule has 4 heteroatoms. The molecule has 1 aliphatic rings. The van der Waals surface area contributed by atoms with Gasteiger partial charge in [0, 0.05) is 23.2 Å². The van der Waals surface area contributed by atoms with Gasteiger partial charge in [-0.15, -0.1) is 0 Å². The predicted octanol–water partition coefficient (Wildman–Crippen LogP) is 6.37. The molecule has 0 spiro atoms. The number of benzene rings is 4. The fourth-order valence-electron chi connectivity index (χ4n) is 4.41. The summed E-state index contributed by atoms with van der Waals surface area (Å²) in [6.45, 7) is 1.97. The zero-order valence-corrected chi connectivity index (χ0v) is 18.3. The van der Waals surface area contributed by atoms with E-state index >= 15 is 0 Å². The standard InChI is InChI=1S/C29H23F2NO/c1-18-6-7-23(28(31)12-18)17-32-29(33)22-11-9-20-13-19-8-10-21(14-24(19)16-25(20)15-22)26-4-2-3-5-27(26)30/h2-12,14-15H,13,16-17H2,1H3,(H,32,33). The van der Waals surface area contributed by atoms with E-state index in [0.29, 0.717) is 23.1 Å². The molecule has 0 aliphatic heterocycles. The Bertz CT molecular complexity index is 1380. The van der Waals surface area contributed by atoms with Crippen molar-refractivity contribution in [3.05, 3.63) is 129 Å². The molecule has 33 heavy (non-hydrogen) atoms. The average Bonchev–Trinajstić information content (AvgIpc) is 2.81. The largest absolute Gasteiger partial charge is 0.348 e. The third-order valence-corrected chi connectivity index (χ3v) is 6.27. The summed E-state index contributed by atoms with van der Waals surface area (Å²) in [4.78, 5) is 12.7. The van der Waals surface area contributed by atoms with Gasteiger partial charge in [0.25, 0.3) is 5.91 Å². The Labute approximate surface area is 191 Å². The van der Waals surface area contributed by atoms with Crippen LogP contribution in [0.4, 0.5) is 8.78 Å². The SMILES string of the molecule is Cc1ccc(CNC(=O)c2ccc3c(c2)Cc2cc(-c4ccccc4F)ccc2C3)c(F)c1. The van der Waals surface area contributed by atoms with Gasteiger partial charge in [-0.25, -0.2) is 8.78 Å². The molecule has 164 valence electrons. The summed E-state index contributed by atoms with van der Waals surface area (Å²) in [7, 11) is 0. The molecule has 0 bridgehead atoms. The molecule has 0 saturated heterocycles. The molecule has 0 heterocycles. The lowest BCUT2D eigenvalue weighted by molar-refractivity contribution is 0.0950. The molecule has 4 aromatic rings. The van der Waals surface area contributed by atoms with Gasteiger partial charge >= 0.3 is 0 Å². The molecule has 0 atom stereocenters. The second kappa shape index (κ2) is 8.62. The van der Waals surface area contributed by atoms with E-state index in [9.17, 15) is 13.6 Å². The lowest BCUT2D eigenvalue weighted by Gasteiger charge is -2.21. The summed E-state index contributed by atoms with van der Waals surface area (Å²) in [6.07, 6.45) is 1.46. The van der Waals surface area contributed by atoms with E-state index in [0.717, 1.165) is 28.7 Å². The van der Waals surface area contributed by atoms with Crippen molar-refractivity contribution in [2.45, 2.75) is 26.3 Å². The first-order valence-corrected chi connectivity index (χ1v) is 11.0. The average molecular weight is 440 g/mol. The molecular weight excluding hydrogens is 416 g/mol. The first-order valence-electron chi connectivity index (χ1n) is 11.0. The van der Waals surface area contributed by atoms with Crippen LogP contribution in [-0.2, 0) is 19.4 Å². The van der Waals surface area contributed by atoms with Crippen molar-refractivity contribution in [2.24, 2.45) is 0 Å². The van der Waals surface area contributed by atoms with Crippen LogP contribution < -0.4 is 5.32 Å². The van der Waals surface area contributed by atoms with Gasteiger partial charge in [-0.05, 0) is 77.4 Å². The second-order valence-electron chi connectivity index (χ2n) is 8.58. The maximum atomic E-state index is 14.3. The third kappa shape index (κ3) is 4.29. The fraction of sp³-hybridized carbons (Fsp3) is 0.138. The summed E-state index contributed by atoms with van der Waals surface area (Å²) in [5, 5.41) is 2.82. The van der Waals surface area contributed by atoms with Crippen molar-refractivity contribution in [3.63, 3.8) is 0 Å². The highest BCUT2D eigenvalue weighted by atomic mass is 19.1. The van der Waals surface area contributed by atoms with E-state index in [-0.39, 0.29) is 24.1 Å². The Kier molecular flexibility index (Phi) is 5.51. The van der Waals surface area contributed by atoms with Crippen molar-refractivity contribution in [3.8, 4) is 11.1 Å². The monoisotopic (exact) mass is 439 g/mol. The third-order valence-electron chi connectivity index (χ3n) is 6.27. The number of nitrogens with one attached hydrogen (secondary N) is 1. The van der Waals surface area contributed by atoms with Gasteiger partial charge in [-0.1, -0.05) is 54.6 Å². The summed E-state index contributed by atoms with van der Waals surface area (Å²) in [5.41, 5.74) is 7.92. The number of carbonyl (C=O) groups is 1. The minimum absolute atomic E-state index is 0.136. The van der Waals surface area contributed by atoms with Crippen molar-refractivity contribution in [2.75, 3.05) is 0 Å². The van der Waals surface area contributed by atoms with Crippen LogP contribution in [0.5, 0.6) is 0 Å². The van der Waals surface area contributed by atoms with Gasteiger partial charge in [0.2, 0.25) is 0 Å². The number of hydrogen-bond donors (Lipinski definition) is 1. The minimum Gasteiger partial charge on any atom is -0.348 e. The van der Waals surface area contributed by atoms with Crippen molar-refractivity contribution >= 4 is 5.91 Å². The van der Waals surface area contributed by atoms with Gasteiger partial charge in [0.05, 0.1) is 0 Å². The van der Waals surface area contributed by atoms with Crippen LogP contribution in [0.25, 0.3) is 11.1 Å². The van der Waals surface area contributed by atoms with E-state index in [1.54, 1.807) is 18.2 Å². The second-order valence-corrected chi connectivity index (χ2v) is 8.58.